The minimum Gasteiger partial charge on any atom is -0.497 e. The molecule has 0 radical (unpaired) electrons. The van der Waals surface area contributed by atoms with E-state index < -0.39 is 0 Å². The van der Waals surface area contributed by atoms with Gasteiger partial charge in [-0.25, -0.2) is 4.79 Å². The maximum atomic E-state index is 12.2. The van der Waals surface area contributed by atoms with E-state index in [0.29, 0.717) is 12.6 Å². The molecule has 0 aliphatic carbocycles. The van der Waals surface area contributed by atoms with Crippen molar-refractivity contribution in [2.75, 3.05) is 39.9 Å². The standard InChI is InChI=1S/C18H26N2O3/c1-22-17-7-5-15(6-8-17)9-13-23-18(21)20-12-11-19-10-3-2-4-16(19)14-20/h5-8,16H,2-4,9-14H2,1H3/t16-/m0/s1. The zero-order valence-corrected chi connectivity index (χ0v) is 13.9. The molecule has 1 atom stereocenters. The summed E-state index contributed by atoms with van der Waals surface area (Å²) in [7, 11) is 1.66. The van der Waals surface area contributed by atoms with Crippen molar-refractivity contribution in [3.63, 3.8) is 0 Å². The van der Waals surface area contributed by atoms with Crippen molar-refractivity contribution in [1.82, 2.24) is 9.80 Å². The summed E-state index contributed by atoms with van der Waals surface area (Å²) in [5.41, 5.74) is 1.15. The molecule has 0 bridgehead atoms. The second-order valence-electron chi connectivity index (χ2n) is 6.34. The van der Waals surface area contributed by atoms with Gasteiger partial charge in [-0.3, -0.25) is 4.90 Å². The molecule has 23 heavy (non-hydrogen) atoms. The Hall–Kier alpha value is -1.75. The second-order valence-corrected chi connectivity index (χ2v) is 6.34. The number of nitrogens with zero attached hydrogens (tertiary/aromatic N) is 2. The fraction of sp³-hybridized carbons (Fsp3) is 0.611. The van der Waals surface area contributed by atoms with E-state index in [9.17, 15) is 4.79 Å². The van der Waals surface area contributed by atoms with Crippen molar-refractivity contribution in [3.8, 4) is 5.75 Å². The number of ether oxygens (including phenoxy) is 2. The van der Waals surface area contributed by atoms with Crippen LogP contribution in [0.15, 0.2) is 24.3 Å². The summed E-state index contributed by atoms with van der Waals surface area (Å²) in [6.45, 7) is 4.21. The van der Waals surface area contributed by atoms with Crippen LogP contribution >= 0.6 is 0 Å². The van der Waals surface area contributed by atoms with Crippen LogP contribution < -0.4 is 4.74 Å². The van der Waals surface area contributed by atoms with Crippen LogP contribution in [0.5, 0.6) is 5.75 Å². The van der Waals surface area contributed by atoms with E-state index in [4.69, 9.17) is 9.47 Å². The third kappa shape index (κ3) is 4.16. The van der Waals surface area contributed by atoms with Crippen LogP contribution in [0.4, 0.5) is 4.79 Å². The van der Waals surface area contributed by atoms with Crippen LogP contribution in [0, 0.1) is 0 Å². The molecule has 2 aliphatic heterocycles. The minimum absolute atomic E-state index is 0.163. The van der Waals surface area contributed by atoms with Crippen LogP contribution in [0.1, 0.15) is 24.8 Å². The summed E-state index contributed by atoms with van der Waals surface area (Å²) in [6, 6.07) is 8.41. The Labute approximate surface area is 138 Å². The van der Waals surface area contributed by atoms with Crippen molar-refractivity contribution >= 4 is 6.09 Å². The van der Waals surface area contributed by atoms with Gasteiger partial charge in [-0.05, 0) is 37.1 Å². The second kappa shape index (κ2) is 7.68. The zero-order valence-electron chi connectivity index (χ0n) is 13.9. The predicted molar refractivity (Wildman–Crippen MR) is 88.8 cm³/mol. The van der Waals surface area contributed by atoms with Gasteiger partial charge < -0.3 is 14.4 Å². The minimum atomic E-state index is -0.163. The highest BCUT2D eigenvalue weighted by Crippen LogP contribution is 2.21. The zero-order chi connectivity index (χ0) is 16.1. The van der Waals surface area contributed by atoms with Crippen LogP contribution in [-0.2, 0) is 11.2 Å². The molecule has 126 valence electrons. The molecule has 2 saturated heterocycles. The van der Waals surface area contributed by atoms with E-state index in [1.165, 1.54) is 25.8 Å². The van der Waals surface area contributed by atoms with Gasteiger partial charge in [-0.15, -0.1) is 0 Å². The molecule has 5 nitrogen and oxygen atoms in total. The van der Waals surface area contributed by atoms with E-state index in [1.807, 2.05) is 29.2 Å². The van der Waals surface area contributed by atoms with Crippen LogP contribution in [0.25, 0.3) is 0 Å². The lowest BCUT2D eigenvalue weighted by molar-refractivity contribution is 0.0359. The lowest BCUT2D eigenvalue weighted by Gasteiger charge is -2.43. The van der Waals surface area contributed by atoms with Crippen LogP contribution in [0.3, 0.4) is 0 Å². The van der Waals surface area contributed by atoms with E-state index in [0.717, 1.165) is 37.4 Å². The first-order valence-electron chi connectivity index (χ1n) is 8.55. The van der Waals surface area contributed by atoms with Crippen LogP contribution in [0.2, 0.25) is 0 Å². The van der Waals surface area contributed by atoms with E-state index in [-0.39, 0.29) is 6.09 Å². The number of carbonyl (C=O) groups is 1. The maximum Gasteiger partial charge on any atom is 0.409 e. The highest BCUT2D eigenvalue weighted by Gasteiger charge is 2.31. The molecule has 0 unspecified atom stereocenters. The fourth-order valence-corrected chi connectivity index (χ4v) is 3.46. The van der Waals surface area contributed by atoms with Gasteiger partial charge in [-0.2, -0.15) is 0 Å². The van der Waals surface area contributed by atoms with Crippen molar-refractivity contribution in [3.05, 3.63) is 29.8 Å². The molecule has 1 aromatic rings. The molecule has 5 heteroatoms. The van der Waals surface area contributed by atoms with Gasteiger partial charge >= 0.3 is 6.09 Å². The number of methoxy groups -OCH3 is 1. The smallest absolute Gasteiger partial charge is 0.409 e. The van der Waals surface area contributed by atoms with Crippen molar-refractivity contribution in [2.24, 2.45) is 0 Å². The molecule has 0 spiro atoms. The first-order valence-corrected chi connectivity index (χ1v) is 8.55. The fourth-order valence-electron chi connectivity index (χ4n) is 3.46. The topological polar surface area (TPSA) is 42.0 Å². The number of fused-ring (bicyclic) bond motifs is 1. The monoisotopic (exact) mass is 318 g/mol. The molecule has 0 N–H and O–H groups in total. The summed E-state index contributed by atoms with van der Waals surface area (Å²) in [5, 5.41) is 0. The molecule has 0 aromatic heterocycles. The number of amides is 1. The van der Waals surface area contributed by atoms with Gasteiger partial charge in [0, 0.05) is 32.1 Å². The normalized spacial score (nSPS) is 21.6. The lowest BCUT2D eigenvalue weighted by atomic mass is 10.00. The third-order valence-electron chi connectivity index (χ3n) is 4.87. The Bertz CT molecular complexity index is 518. The lowest BCUT2D eigenvalue weighted by Crippen LogP contribution is -2.56. The molecule has 1 aromatic carbocycles. The molecule has 2 fully saturated rings. The quantitative estimate of drug-likeness (QED) is 0.855. The van der Waals surface area contributed by atoms with Gasteiger partial charge in [0.05, 0.1) is 13.7 Å². The Morgan fingerprint density at radius 2 is 2.00 bits per heavy atom. The summed E-state index contributed by atoms with van der Waals surface area (Å²) in [5.74, 6) is 0.844. The highest BCUT2D eigenvalue weighted by molar-refractivity contribution is 5.67. The summed E-state index contributed by atoms with van der Waals surface area (Å²) in [6.07, 6.45) is 4.35. The number of carbonyl (C=O) groups excluding carboxylic acids is 1. The molecular weight excluding hydrogens is 292 g/mol. The molecule has 3 rings (SSSR count). The van der Waals surface area contributed by atoms with E-state index in [1.54, 1.807) is 7.11 Å². The van der Waals surface area contributed by atoms with Crippen LogP contribution in [-0.4, -0.2) is 61.8 Å². The van der Waals surface area contributed by atoms with Gasteiger partial charge in [0.1, 0.15) is 5.75 Å². The average Bonchev–Trinajstić information content (AvgIpc) is 2.61. The molecule has 1 amide bonds. The Kier molecular flexibility index (Phi) is 5.39. The summed E-state index contributed by atoms with van der Waals surface area (Å²) in [4.78, 5) is 16.6. The molecule has 2 aliphatic rings. The van der Waals surface area contributed by atoms with Crippen molar-refractivity contribution < 1.29 is 14.3 Å². The Balaban J connectivity index is 1.42. The third-order valence-corrected chi connectivity index (χ3v) is 4.87. The number of benzene rings is 1. The predicted octanol–water partition coefficient (Wildman–Crippen LogP) is 2.54. The molecule has 2 heterocycles. The van der Waals surface area contributed by atoms with Gasteiger partial charge in [0.15, 0.2) is 0 Å². The maximum absolute atomic E-state index is 12.2. The Morgan fingerprint density at radius 1 is 1.17 bits per heavy atom. The Morgan fingerprint density at radius 3 is 2.78 bits per heavy atom. The highest BCUT2D eigenvalue weighted by atomic mass is 16.6. The SMILES string of the molecule is COc1ccc(CCOC(=O)N2CCN3CCCC[C@H]3C2)cc1. The summed E-state index contributed by atoms with van der Waals surface area (Å²) < 4.78 is 10.6. The van der Waals surface area contributed by atoms with Crippen molar-refractivity contribution in [2.45, 2.75) is 31.7 Å². The number of piperidine rings is 1. The first kappa shape index (κ1) is 16.1. The largest absolute Gasteiger partial charge is 0.497 e. The van der Waals surface area contributed by atoms with Gasteiger partial charge in [0.2, 0.25) is 0 Å². The van der Waals surface area contributed by atoms with Gasteiger partial charge in [-0.1, -0.05) is 18.6 Å². The van der Waals surface area contributed by atoms with E-state index in [2.05, 4.69) is 4.90 Å². The molecule has 0 saturated carbocycles. The molecular formula is C18H26N2O3. The number of hydrogen-bond acceptors (Lipinski definition) is 4. The number of hydrogen-bond donors (Lipinski definition) is 0. The first-order chi connectivity index (χ1) is 11.3. The number of rotatable bonds is 4. The number of piperazine rings is 1. The summed E-state index contributed by atoms with van der Waals surface area (Å²) >= 11 is 0. The van der Waals surface area contributed by atoms with E-state index >= 15 is 0 Å². The van der Waals surface area contributed by atoms with Gasteiger partial charge in [0.25, 0.3) is 0 Å². The average molecular weight is 318 g/mol. The van der Waals surface area contributed by atoms with Crippen molar-refractivity contribution in [1.29, 1.82) is 0 Å².